The number of thiocarbonyl (C=S) groups is 1. The number of allylic oxidation sites excluding steroid dienone is 1. The molecule has 1 N–H and O–H groups in total. The highest BCUT2D eigenvalue weighted by molar-refractivity contribution is 8.27. The van der Waals surface area contributed by atoms with Gasteiger partial charge in [-0.2, -0.15) is 0 Å². The lowest BCUT2D eigenvalue weighted by Gasteiger charge is -2.16. The Kier molecular flexibility index (Phi) is 6.35. The van der Waals surface area contributed by atoms with Crippen LogP contribution in [0.1, 0.15) is 11.1 Å². The molecule has 1 amide bonds. The number of carbonyl (C=O) groups is 1. The van der Waals surface area contributed by atoms with Gasteiger partial charge in [0.2, 0.25) is 0 Å². The summed E-state index contributed by atoms with van der Waals surface area (Å²) in [5.41, 5.74) is 1.83. The molecular weight excluding hydrogens is 437 g/mol. The van der Waals surface area contributed by atoms with Crippen LogP contribution in [0.2, 0.25) is 10.0 Å². The van der Waals surface area contributed by atoms with Crippen LogP contribution in [0.25, 0.3) is 6.08 Å². The Morgan fingerprint density at radius 1 is 1.32 bits per heavy atom. The second kappa shape index (κ2) is 8.57. The predicted octanol–water partition coefficient (Wildman–Crippen LogP) is 5.84. The number of methoxy groups -OCH3 is 1. The van der Waals surface area contributed by atoms with E-state index < -0.39 is 0 Å². The van der Waals surface area contributed by atoms with Crippen molar-refractivity contribution in [3.8, 4) is 11.5 Å². The number of carbonyl (C=O) groups excluding carboxylic acids is 1. The smallest absolute Gasteiger partial charge is 0.270 e. The van der Waals surface area contributed by atoms with Crippen LogP contribution in [-0.4, -0.2) is 22.4 Å². The van der Waals surface area contributed by atoms with Crippen LogP contribution in [0, 0.1) is 0 Å². The van der Waals surface area contributed by atoms with Crippen molar-refractivity contribution in [1.82, 2.24) is 0 Å². The highest BCUT2D eigenvalue weighted by Gasteiger charge is 2.34. The molecule has 0 aromatic heterocycles. The van der Waals surface area contributed by atoms with Crippen molar-refractivity contribution in [2.45, 2.75) is 6.42 Å². The average molecular weight is 452 g/mol. The highest BCUT2D eigenvalue weighted by Crippen LogP contribution is 2.40. The lowest BCUT2D eigenvalue weighted by molar-refractivity contribution is -0.113. The van der Waals surface area contributed by atoms with Gasteiger partial charge >= 0.3 is 0 Å². The zero-order valence-corrected chi connectivity index (χ0v) is 17.9. The number of halogens is 2. The fraction of sp³-hybridized carbons (Fsp3) is 0.100. The quantitative estimate of drug-likeness (QED) is 0.351. The summed E-state index contributed by atoms with van der Waals surface area (Å²) in [6.45, 7) is 3.69. The zero-order chi connectivity index (χ0) is 20.4. The highest BCUT2D eigenvalue weighted by atomic mass is 35.5. The number of anilines is 1. The Hall–Kier alpha value is -1.99. The van der Waals surface area contributed by atoms with Crippen molar-refractivity contribution in [3.05, 3.63) is 69.1 Å². The Labute approximate surface area is 182 Å². The van der Waals surface area contributed by atoms with E-state index in [-0.39, 0.29) is 11.7 Å². The van der Waals surface area contributed by atoms with Crippen molar-refractivity contribution in [1.29, 1.82) is 0 Å². The number of aromatic hydroxyl groups is 1. The van der Waals surface area contributed by atoms with E-state index >= 15 is 0 Å². The number of hydrogen-bond acceptors (Lipinski definition) is 5. The van der Waals surface area contributed by atoms with Crippen LogP contribution in [0.4, 0.5) is 5.69 Å². The lowest BCUT2D eigenvalue weighted by Crippen LogP contribution is -2.27. The average Bonchev–Trinajstić information content (AvgIpc) is 2.92. The van der Waals surface area contributed by atoms with Gasteiger partial charge in [0, 0.05) is 10.6 Å². The van der Waals surface area contributed by atoms with Gasteiger partial charge in [-0.1, -0.05) is 53.3 Å². The van der Waals surface area contributed by atoms with Crippen LogP contribution < -0.4 is 9.64 Å². The second-order valence-corrected chi connectivity index (χ2v) is 8.36. The molecule has 144 valence electrons. The van der Waals surface area contributed by atoms with Crippen molar-refractivity contribution >= 4 is 69.2 Å². The molecule has 0 spiro atoms. The van der Waals surface area contributed by atoms with Gasteiger partial charge in [0.1, 0.15) is 0 Å². The molecule has 3 rings (SSSR count). The monoisotopic (exact) mass is 451 g/mol. The van der Waals surface area contributed by atoms with Gasteiger partial charge in [-0.3, -0.25) is 9.69 Å². The van der Waals surface area contributed by atoms with Gasteiger partial charge in [-0.15, -0.1) is 6.58 Å². The summed E-state index contributed by atoms with van der Waals surface area (Å²) in [4.78, 5) is 14.8. The molecule has 4 nitrogen and oxygen atoms in total. The molecule has 1 aliphatic heterocycles. The third kappa shape index (κ3) is 4.05. The van der Waals surface area contributed by atoms with Crippen molar-refractivity contribution in [2.24, 2.45) is 0 Å². The van der Waals surface area contributed by atoms with E-state index in [2.05, 4.69) is 6.58 Å². The number of phenolic OH excluding ortho intramolecular Hbond substituents is 1. The van der Waals surface area contributed by atoms with Gasteiger partial charge < -0.3 is 9.84 Å². The number of amides is 1. The molecule has 28 heavy (non-hydrogen) atoms. The summed E-state index contributed by atoms with van der Waals surface area (Å²) in [5, 5.41) is 11.0. The molecule has 0 atom stereocenters. The normalized spacial score (nSPS) is 15.4. The molecule has 0 bridgehead atoms. The summed E-state index contributed by atoms with van der Waals surface area (Å²) in [5.74, 6) is 0.0957. The maximum Gasteiger partial charge on any atom is 0.270 e. The minimum Gasteiger partial charge on any atom is -0.504 e. The molecule has 2 aromatic rings. The predicted molar refractivity (Wildman–Crippen MR) is 121 cm³/mol. The summed E-state index contributed by atoms with van der Waals surface area (Å²) >= 11 is 18.7. The molecule has 0 saturated carbocycles. The maximum atomic E-state index is 13.0. The minimum atomic E-state index is -0.281. The zero-order valence-electron chi connectivity index (χ0n) is 14.7. The van der Waals surface area contributed by atoms with Crippen molar-refractivity contribution < 1.29 is 14.6 Å². The van der Waals surface area contributed by atoms with Crippen LogP contribution in [-0.2, 0) is 11.2 Å². The van der Waals surface area contributed by atoms with Crippen LogP contribution in [0.3, 0.4) is 0 Å². The molecule has 0 unspecified atom stereocenters. The fourth-order valence-electron chi connectivity index (χ4n) is 2.73. The van der Waals surface area contributed by atoms with Crippen molar-refractivity contribution in [3.63, 3.8) is 0 Å². The maximum absolute atomic E-state index is 13.0. The van der Waals surface area contributed by atoms with E-state index in [1.54, 1.807) is 42.5 Å². The van der Waals surface area contributed by atoms with E-state index in [9.17, 15) is 9.90 Å². The third-order valence-electron chi connectivity index (χ3n) is 4.00. The Morgan fingerprint density at radius 3 is 2.71 bits per heavy atom. The number of benzene rings is 2. The molecule has 8 heteroatoms. The molecule has 1 saturated heterocycles. The first kappa shape index (κ1) is 20.7. The number of nitrogens with zero attached hydrogens (tertiary/aromatic N) is 1. The van der Waals surface area contributed by atoms with E-state index in [1.807, 2.05) is 0 Å². The number of hydrogen-bond donors (Lipinski definition) is 1. The summed E-state index contributed by atoms with van der Waals surface area (Å²) in [7, 11) is 1.47. The minimum absolute atomic E-state index is 0.0556. The molecule has 1 fully saturated rings. The second-order valence-electron chi connectivity index (χ2n) is 5.84. The lowest BCUT2D eigenvalue weighted by atomic mass is 10.1. The standard InChI is InChI=1S/C20H15Cl2NO3S2/c1-3-4-12-7-11(8-16(26-2)18(12)24)9-17-19(25)23(20(27)28-17)15-6-5-13(21)10-14(15)22/h3,5-10,24H,1,4H2,2H3/b17-9+. The van der Waals surface area contributed by atoms with E-state index in [0.717, 1.165) is 0 Å². The van der Waals surface area contributed by atoms with Crippen LogP contribution in [0.5, 0.6) is 11.5 Å². The van der Waals surface area contributed by atoms with Crippen LogP contribution >= 0.6 is 47.2 Å². The molecule has 1 heterocycles. The van der Waals surface area contributed by atoms with Gasteiger partial charge in [0.05, 0.1) is 22.7 Å². The molecule has 1 aliphatic rings. The van der Waals surface area contributed by atoms with Crippen LogP contribution in [0.15, 0.2) is 47.9 Å². The van der Waals surface area contributed by atoms with Gasteiger partial charge in [0.15, 0.2) is 15.8 Å². The number of ether oxygens (including phenoxy) is 1. The number of rotatable bonds is 5. The van der Waals surface area contributed by atoms with E-state index in [1.165, 1.54) is 23.8 Å². The fourth-order valence-corrected chi connectivity index (χ4v) is 4.51. The molecular formula is C20H15Cl2NO3S2. The summed E-state index contributed by atoms with van der Waals surface area (Å²) < 4.78 is 5.60. The van der Waals surface area contributed by atoms with Gasteiger partial charge in [-0.25, -0.2) is 0 Å². The first-order valence-corrected chi connectivity index (χ1v) is 10.1. The Bertz CT molecular complexity index is 1020. The largest absolute Gasteiger partial charge is 0.504 e. The van der Waals surface area contributed by atoms with Gasteiger partial charge in [0.25, 0.3) is 5.91 Å². The number of phenols is 1. The Balaban J connectivity index is 2.00. The number of thioether (sulfide) groups is 1. The van der Waals surface area contributed by atoms with E-state index in [0.29, 0.717) is 48.3 Å². The first-order valence-electron chi connectivity index (χ1n) is 8.09. The van der Waals surface area contributed by atoms with E-state index in [4.69, 9.17) is 40.2 Å². The summed E-state index contributed by atoms with van der Waals surface area (Å²) in [6.07, 6.45) is 3.85. The molecule has 2 aromatic carbocycles. The molecule has 0 aliphatic carbocycles. The Morgan fingerprint density at radius 2 is 2.07 bits per heavy atom. The van der Waals surface area contributed by atoms with Gasteiger partial charge in [-0.05, 0) is 48.4 Å². The third-order valence-corrected chi connectivity index (χ3v) is 5.84. The topological polar surface area (TPSA) is 49.8 Å². The first-order chi connectivity index (χ1) is 13.3. The molecule has 0 radical (unpaired) electrons. The summed E-state index contributed by atoms with van der Waals surface area (Å²) in [6, 6.07) is 8.31. The van der Waals surface area contributed by atoms with Crippen molar-refractivity contribution in [2.75, 3.05) is 12.0 Å². The SMILES string of the molecule is C=CCc1cc(/C=C2/SC(=S)N(c3ccc(Cl)cc3Cl)C2=O)cc(OC)c1O.